The summed E-state index contributed by atoms with van der Waals surface area (Å²) in [6, 6.07) is 5.14. The Kier molecular flexibility index (Phi) is 5.80. The number of carbonyl (C=O) groups is 1. The highest BCUT2D eigenvalue weighted by atomic mass is 35.5. The monoisotopic (exact) mass is 468 g/mol. The Morgan fingerprint density at radius 2 is 1.97 bits per heavy atom. The molecule has 1 aromatic heterocycles. The molecule has 10 heteroatoms. The van der Waals surface area contributed by atoms with E-state index in [1.54, 1.807) is 23.1 Å². The number of amides is 1. The minimum Gasteiger partial charge on any atom is -0.331 e. The first kappa shape index (κ1) is 21.5. The number of pyridine rings is 1. The number of rotatable bonds is 5. The summed E-state index contributed by atoms with van der Waals surface area (Å²) in [5.74, 6) is -0.0223. The third kappa shape index (κ3) is 3.71. The molecular formula is C20H22Cl2N4O3S. The summed E-state index contributed by atoms with van der Waals surface area (Å²) in [6.45, 7) is 3.48. The zero-order valence-electron chi connectivity index (χ0n) is 16.5. The van der Waals surface area contributed by atoms with Crippen molar-refractivity contribution in [1.29, 1.82) is 0 Å². The predicted octanol–water partition coefficient (Wildman–Crippen LogP) is 2.81. The highest BCUT2D eigenvalue weighted by Crippen LogP contribution is 2.39. The van der Waals surface area contributed by atoms with Crippen LogP contribution in [0.2, 0.25) is 10.0 Å². The fourth-order valence-electron chi connectivity index (χ4n) is 4.15. The average Bonchev–Trinajstić information content (AvgIpc) is 3.17. The van der Waals surface area contributed by atoms with E-state index >= 15 is 0 Å². The Morgan fingerprint density at radius 1 is 1.20 bits per heavy atom. The number of sulfonamides is 1. The van der Waals surface area contributed by atoms with Gasteiger partial charge in [0.15, 0.2) is 0 Å². The van der Waals surface area contributed by atoms with Gasteiger partial charge in [0, 0.05) is 53.0 Å². The molecule has 160 valence electrons. The van der Waals surface area contributed by atoms with Crippen LogP contribution < -0.4 is 5.73 Å². The molecule has 7 nitrogen and oxygen atoms in total. The maximum atomic E-state index is 13.3. The molecule has 2 aromatic rings. The number of benzene rings is 1. The lowest BCUT2D eigenvalue weighted by molar-refractivity contribution is 0.0772. The summed E-state index contributed by atoms with van der Waals surface area (Å²) in [6.07, 6.45) is 0.621. The summed E-state index contributed by atoms with van der Waals surface area (Å²) in [7, 11) is -3.21. The van der Waals surface area contributed by atoms with Gasteiger partial charge in [0.1, 0.15) is 0 Å². The normalized spacial score (nSPS) is 18.3. The maximum Gasteiger partial charge on any atom is 0.256 e. The van der Waals surface area contributed by atoms with Gasteiger partial charge in [0.05, 0.1) is 23.6 Å². The minimum atomic E-state index is -3.21. The highest BCUT2D eigenvalue weighted by Gasteiger charge is 2.35. The van der Waals surface area contributed by atoms with Gasteiger partial charge in [-0.15, -0.1) is 0 Å². The second-order valence-electron chi connectivity index (χ2n) is 7.50. The first-order valence-electron chi connectivity index (χ1n) is 9.68. The third-order valence-electron chi connectivity index (χ3n) is 5.65. The molecule has 1 amide bonds. The van der Waals surface area contributed by atoms with Gasteiger partial charge in [-0.1, -0.05) is 29.3 Å². The van der Waals surface area contributed by atoms with Crippen LogP contribution in [0, 0.1) is 6.92 Å². The van der Waals surface area contributed by atoms with E-state index in [1.807, 2.05) is 6.92 Å². The number of hydrogen-bond acceptors (Lipinski definition) is 5. The molecular weight excluding hydrogens is 447 g/mol. The zero-order chi connectivity index (χ0) is 21.6. The summed E-state index contributed by atoms with van der Waals surface area (Å²) >= 11 is 12.5. The predicted molar refractivity (Wildman–Crippen MR) is 117 cm³/mol. The number of aryl methyl sites for hydroxylation is 1. The van der Waals surface area contributed by atoms with E-state index in [2.05, 4.69) is 4.98 Å². The van der Waals surface area contributed by atoms with Crippen molar-refractivity contribution in [2.45, 2.75) is 26.4 Å². The van der Waals surface area contributed by atoms with Crippen LogP contribution >= 0.6 is 23.2 Å². The SMILES string of the molecule is Cc1nc2c(c(-c3ccc(Cl)cc3Cl)c1CN)C(=O)N(CCN1CCCS1(=O)=O)C2. The number of halogens is 2. The molecule has 0 saturated carbocycles. The molecule has 1 aromatic carbocycles. The lowest BCUT2D eigenvalue weighted by atomic mass is 9.93. The standard InChI is InChI=1S/C20H22Cl2N4O3S/c1-12-15(10-23)18(14-4-3-13(21)9-16(14)22)19-17(24-12)11-25(20(19)27)6-7-26-5-2-8-30(26,28)29/h3-4,9H,2,5-8,10-11,23H2,1H3. The fraction of sp³-hybridized carbons (Fsp3) is 0.400. The highest BCUT2D eigenvalue weighted by molar-refractivity contribution is 7.89. The van der Waals surface area contributed by atoms with Crippen molar-refractivity contribution in [1.82, 2.24) is 14.2 Å². The van der Waals surface area contributed by atoms with Gasteiger partial charge in [0.2, 0.25) is 10.0 Å². The molecule has 30 heavy (non-hydrogen) atoms. The van der Waals surface area contributed by atoms with Gasteiger partial charge >= 0.3 is 0 Å². The molecule has 0 aliphatic carbocycles. The minimum absolute atomic E-state index is 0.168. The molecule has 1 fully saturated rings. The number of aromatic nitrogens is 1. The largest absolute Gasteiger partial charge is 0.331 e. The molecule has 0 bridgehead atoms. The van der Waals surface area contributed by atoms with Crippen LogP contribution in [-0.2, 0) is 23.1 Å². The van der Waals surface area contributed by atoms with E-state index in [0.717, 1.165) is 11.3 Å². The Bertz CT molecular complexity index is 1140. The van der Waals surface area contributed by atoms with Gasteiger partial charge in [-0.2, -0.15) is 0 Å². The Balaban J connectivity index is 1.72. The van der Waals surface area contributed by atoms with Gasteiger partial charge in [-0.3, -0.25) is 9.78 Å². The van der Waals surface area contributed by atoms with E-state index in [1.165, 1.54) is 4.31 Å². The van der Waals surface area contributed by atoms with Crippen LogP contribution in [0.25, 0.3) is 11.1 Å². The lowest BCUT2D eigenvalue weighted by Crippen LogP contribution is -2.36. The number of fused-ring (bicyclic) bond motifs is 1. The van der Waals surface area contributed by atoms with Crippen LogP contribution in [0.5, 0.6) is 0 Å². The van der Waals surface area contributed by atoms with E-state index in [9.17, 15) is 13.2 Å². The summed E-state index contributed by atoms with van der Waals surface area (Å²) in [5.41, 5.74) is 10.0. The first-order chi connectivity index (χ1) is 14.2. The van der Waals surface area contributed by atoms with Crippen LogP contribution in [0.4, 0.5) is 0 Å². The maximum absolute atomic E-state index is 13.3. The Labute approximate surface area is 185 Å². The van der Waals surface area contributed by atoms with Crippen molar-refractivity contribution in [3.8, 4) is 11.1 Å². The number of carbonyl (C=O) groups excluding carboxylic acids is 1. The fourth-order valence-corrected chi connectivity index (χ4v) is 6.17. The Hall–Kier alpha value is -1.71. The van der Waals surface area contributed by atoms with E-state index in [-0.39, 0.29) is 24.7 Å². The topological polar surface area (TPSA) is 96.6 Å². The van der Waals surface area contributed by atoms with Crippen molar-refractivity contribution in [3.05, 3.63) is 50.8 Å². The quantitative estimate of drug-likeness (QED) is 0.727. The number of nitrogens with zero attached hydrogens (tertiary/aromatic N) is 3. The number of nitrogens with two attached hydrogens (primary N) is 1. The van der Waals surface area contributed by atoms with Crippen LogP contribution in [0.3, 0.4) is 0 Å². The van der Waals surface area contributed by atoms with Crippen LogP contribution in [-0.4, -0.2) is 53.9 Å². The van der Waals surface area contributed by atoms with Gasteiger partial charge < -0.3 is 10.6 Å². The third-order valence-corrected chi connectivity index (χ3v) is 8.15. The first-order valence-corrected chi connectivity index (χ1v) is 12.0. The van der Waals surface area contributed by atoms with Crippen molar-refractivity contribution in [2.24, 2.45) is 5.73 Å². The molecule has 0 unspecified atom stereocenters. The Morgan fingerprint density at radius 3 is 2.60 bits per heavy atom. The molecule has 2 N–H and O–H groups in total. The molecule has 2 aliphatic heterocycles. The molecule has 4 rings (SSSR count). The van der Waals surface area contributed by atoms with Gasteiger partial charge in [0.25, 0.3) is 5.91 Å². The van der Waals surface area contributed by atoms with Gasteiger partial charge in [-0.05, 0) is 31.0 Å². The number of hydrogen-bond donors (Lipinski definition) is 1. The summed E-state index contributed by atoms with van der Waals surface area (Å²) in [4.78, 5) is 19.6. The molecule has 0 radical (unpaired) electrons. The molecule has 1 saturated heterocycles. The van der Waals surface area contributed by atoms with Crippen LogP contribution in [0.15, 0.2) is 18.2 Å². The van der Waals surface area contributed by atoms with Crippen molar-refractivity contribution < 1.29 is 13.2 Å². The summed E-state index contributed by atoms with van der Waals surface area (Å²) in [5, 5.41) is 0.930. The molecule has 3 heterocycles. The second-order valence-corrected chi connectivity index (χ2v) is 10.4. The van der Waals surface area contributed by atoms with Gasteiger partial charge in [-0.25, -0.2) is 12.7 Å². The van der Waals surface area contributed by atoms with E-state index in [4.69, 9.17) is 28.9 Å². The molecule has 0 atom stereocenters. The second kappa shape index (κ2) is 8.09. The summed E-state index contributed by atoms with van der Waals surface area (Å²) < 4.78 is 25.6. The average molecular weight is 469 g/mol. The van der Waals surface area contributed by atoms with Crippen molar-refractivity contribution in [3.63, 3.8) is 0 Å². The smallest absolute Gasteiger partial charge is 0.256 e. The molecule has 2 aliphatic rings. The van der Waals surface area contributed by atoms with Crippen LogP contribution in [0.1, 0.15) is 33.7 Å². The van der Waals surface area contributed by atoms with Crippen molar-refractivity contribution >= 4 is 39.1 Å². The van der Waals surface area contributed by atoms with E-state index < -0.39 is 10.0 Å². The zero-order valence-corrected chi connectivity index (χ0v) is 18.8. The van der Waals surface area contributed by atoms with Crippen molar-refractivity contribution in [2.75, 3.05) is 25.4 Å². The lowest BCUT2D eigenvalue weighted by Gasteiger charge is -2.20. The molecule has 0 spiro atoms. The van der Waals surface area contributed by atoms with E-state index in [0.29, 0.717) is 58.5 Å².